The topological polar surface area (TPSA) is 80.9 Å². The highest BCUT2D eigenvalue weighted by molar-refractivity contribution is 5.99. The van der Waals surface area contributed by atoms with Crippen LogP contribution >= 0.6 is 0 Å². The average molecular weight is 178 g/mol. The number of aromatic carboxylic acids is 1. The zero-order valence-electron chi connectivity index (χ0n) is 6.80. The van der Waals surface area contributed by atoms with E-state index in [-0.39, 0.29) is 5.69 Å². The normalized spacial score (nSPS) is 10.5. The Hall–Kier alpha value is -1.98. The summed E-state index contributed by atoms with van der Waals surface area (Å²) in [7, 11) is 1.64. The zero-order chi connectivity index (χ0) is 9.42. The van der Waals surface area contributed by atoms with E-state index in [0.717, 1.165) is 0 Å². The van der Waals surface area contributed by atoms with Gasteiger partial charge < -0.3 is 5.11 Å². The van der Waals surface area contributed by atoms with Crippen LogP contribution in [0.15, 0.2) is 12.5 Å². The second kappa shape index (κ2) is 2.51. The van der Waals surface area contributed by atoms with Crippen LogP contribution in [0, 0.1) is 0 Å². The van der Waals surface area contributed by atoms with Crippen molar-refractivity contribution in [3.05, 3.63) is 18.2 Å². The molecule has 0 aliphatic carbocycles. The summed E-state index contributed by atoms with van der Waals surface area (Å²) in [5.41, 5.74) is 0.505. The van der Waals surface area contributed by atoms with E-state index >= 15 is 0 Å². The highest BCUT2D eigenvalue weighted by Gasteiger charge is 2.14. The average Bonchev–Trinajstić information content (AvgIpc) is 2.45. The van der Waals surface area contributed by atoms with Crippen molar-refractivity contribution < 1.29 is 9.90 Å². The molecule has 0 unspecified atom stereocenters. The van der Waals surface area contributed by atoms with E-state index < -0.39 is 5.97 Å². The number of rotatable bonds is 1. The molecule has 0 bridgehead atoms. The van der Waals surface area contributed by atoms with Gasteiger partial charge in [-0.15, -0.1) is 0 Å². The minimum atomic E-state index is -1.07. The summed E-state index contributed by atoms with van der Waals surface area (Å²) in [4.78, 5) is 18.3. The van der Waals surface area contributed by atoms with Gasteiger partial charge in [-0.05, 0) is 0 Å². The maximum Gasteiger partial charge on any atom is 0.357 e. The number of hydrogen-bond donors (Lipinski definition) is 1. The molecule has 0 fully saturated rings. The Morgan fingerprint density at radius 1 is 1.62 bits per heavy atom. The molecule has 0 spiro atoms. The third kappa shape index (κ3) is 1.03. The van der Waals surface area contributed by atoms with Gasteiger partial charge >= 0.3 is 5.97 Å². The first kappa shape index (κ1) is 7.66. The first-order chi connectivity index (χ1) is 6.20. The highest BCUT2D eigenvalue weighted by atomic mass is 16.4. The molecule has 0 atom stereocenters. The Labute approximate surface area is 72.8 Å². The van der Waals surface area contributed by atoms with Crippen LogP contribution in [0.4, 0.5) is 0 Å². The molecule has 0 amide bonds. The molecule has 0 saturated heterocycles. The van der Waals surface area contributed by atoms with Gasteiger partial charge in [0.15, 0.2) is 11.3 Å². The minimum absolute atomic E-state index is 0.0156. The third-order valence-corrected chi connectivity index (χ3v) is 1.71. The van der Waals surface area contributed by atoms with Gasteiger partial charge in [0.2, 0.25) is 0 Å². The molecule has 0 saturated carbocycles. The predicted octanol–water partition coefficient (Wildman–Crippen LogP) is 0.0615. The molecule has 13 heavy (non-hydrogen) atoms. The van der Waals surface area contributed by atoms with Crippen molar-refractivity contribution in [2.24, 2.45) is 7.05 Å². The molecule has 0 aromatic carbocycles. The molecule has 0 aliphatic rings. The van der Waals surface area contributed by atoms with Crippen LogP contribution in [0.3, 0.4) is 0 Å². The lowest BCUT2D eigenvalue weighted by Crippen LogP contribution is -1.99. The van der Waals surface area contributed by atoms with Crippen LogP contribution in [0.25, 0.3) is 11.0 Å². The van der Waals surface area contributed by atoms with E-state index in [4.69, 9.17) is 5.11 Å². The summed E-state index contributed by atoms with van der Waals surface area (Å²) in [6, 6.07) is 0. The Kier molecular flexibility index (Phi) is 1.48. The molecule has 66 valence electrons. The Bertz CT molecular complexity index is 476. The van der Waals surface area contributed by atoms with Gasteiger partial charge in [-0.2, -0.15) is 5.10 Å². The van der Waals surface area contributed by atoms with E-state index in [1.807, 2.05) is 0 Å². The molecule has 6 nitrogen and oxygen atoms in total. The van der Waals surface area contributed by atoms with Crippen molar-refractivity contribution >= 4 is 17.0 Å². The number of aryl methyl sites for hydroxylation is 1. The van der Waals surface area contributed by atoms with Crippen LogP contribution in [-0.4, -0.2) is 30.8 Å². The number of hydrogen-bond acceptors (Lipinski definition) is 4. The van der Waals surface area contributed by atoms with E-state index in [9.17, 15) is 4.79 Å². The van der Waals surface area contributed by atoms with Gasteiger partial charge in [0.05, 0.1) is 5.39 Å². The molecule has 6 heteroatoms. The summed E-state index contributed by atoms with van der Waals surface area (Å²) < 4.78 is 1.42. The second-order valence-electron chi connectivity index (χ2n) is 2.54. The SMILES string of the molecule is Cn1nc(C(=O)O)c2cncnc21. The molecule has 1 N–H and O–H groups in total. The first-order valence-corrected chi connectivity index (χ1v) is 3.56. The number of carboxylic acids is 1. The molecule has 0 aliphatic heterocycles. The fraction of sp³-hybridized carbons (Fsp3) is 0.143. The van der Waals surface area contributed by atoms with Crippen LogP contribution in [0.5, 0.6) is 0 Å². The molecular weight excluding hydrogens is 172 g/mol. The standard InChI is InChI=1S/C7H6N4O2/c1-11-6-4(2-8-3-9-6)5(10-11)7(12)13/h2-3H,1H3,(H,12,13). The molecule has 2 heterocycles. The van der Waals surface area contributed by atoms with Crippen LogP contribution in [0.1, 0.15) is 10.5 Å². The van der Waals surface area contributed by atoms with Crippen molar-refractivity contribution in [3.8, 4) is 0 Å². The van der Waals surface area contributed by atoms with Gasteiger partial charge in [0.1, 0.15) is 6.33 Å². The summed E-state index contributed by atoms with van der Waals surface area (Å²) in [6.07, 6.45) is 2.80. The largest absolute Gasteiger partial charge is 0.476 e. The highest BCUT2D eigenvalue weighted by Crippen LogP contribution is 2.13. The van der Waals surface area contributed by atoms with Crippen molar-refractivity contribution in [1.29, 1.82) is 0 Å². The second-order valence-corrected chi connectivity index (χ2v) is 2.54. The smallest absolute Gasteiger partial charge is 0.357 e. The van der Waals surface area contributed by atoms with Gasteiger partial charge in [-0.1, -0.05) is 0 Å². The van der Waals surface area contributed by atoms with Crippen molar-refractivity contribution in [1.82, 2.24) is 19.7 Å². The lowest BCUT2D eigenvalue weighted by atomic mass is 10.3. The summed E-state index contributed by atoms with van der Waals surface area (Å²) in [6.45, 7) is 0. The van der Waals surface area contributed by atoms with E-state index in [0.29, 0.717) is 11.0 Å². The Balaban J connectivity index is 2.85. The molecule has 0 radical (unpaired) electrons. The maximum absolute atomic E-state index is 10.7. The maximum atomic E-state index is 10.7. The first-order valence-electron chi connectivity index (χ1n) is 3.56. The fourth-order valence-corrected chi connectivity index (χ4v) is 1.16. The molecule has 2 aromatic rings. The van der Waals surface area contributed by atoms with E-state index in [2.05, 4.69) is 15.1 Å². The van der Waals surface area contributed by atoms with Gasteiger partial charge in [-0.25, -0.2) is 19.4 Å². The molecule has 2 rings (SSSR count). The van der Waals surface area contributed by atoms with Crippen LogP contribution in [0.2, 0.25) is 0 Å². The Morgan fingerprint density at radius 2 is 2.38 bits per heavy atom. The summed E-state index contributed by atoms with van der Waals surface area (Å²) in [5.74, 6) is -1.07. The number of carbonyl (C=O) groups is 1. The Morgan fingerprint density at radius 3 is 3.08 bits per heavy atom. The lowest BCUT2D eigenvalue weighted by Gasteiger charge is -1.88. The molecule has 2 aromatic heterocycles. The minimum Gasteiger partial charge on any atom is -0.476 e. The monoisotopic (exact) mass is 178 g/mol. The van der Waals surface area contributed by atoms with Gasteiger partial charge in [-0.3, -0.25) is 0 Å². The predicted molar refractivity (Wildman–Crippen MR) is 43.3 cm³/mol. The zero-order valence-corrected chi connectivity index (χ0v) is 6.80. The van der Waals surface area contributed by atoms with Gasteiger partial charge in [0.25, 0.3) is 0 Å². The quantitative estimate of drug-likeness (QED) is 0.667. The number of fused-ring (bicyclic) bond motifs is 1. The number of nitrogens with zero attached hydrogens (tertiary/aromatic N) is 4. The lowest BCUT2D eigenvalue weighted by molar-refractivity contribution is 0.0691. The van der Waals surface area contributed by atoms with Crippen LogP contribution in [-0.2, 0) is 7.05 Å². The van der Waals surface area contributed by atoms with Crippen molar-refractivity contribution in [2.45, 2.75) is 0 Å². The van der Waals surface area contributed by atoms with E-state index in [1.54, 1.807) is 7.05 Å². The van der Waals surface area contributed by atoms with Crippen molar-refractivity contribution in [2.75, 3.05) is 0 Å². The van der Waals surface area contributed by atoms with E-state index in [1.165, 1.54) is 17.2 Å². The number of aromatic nitrogens is 4. The summed E-state index contributed by atoms with van der Waals surface area (Å²) in [5, 5.41) is 13.0. The van der Waals surface area contributed by atoms with Gasteiger partial charge in [0, 0.05) is 13.2 Å². The molecular formula is C7H6N4O2. The van der Waals surface area contributed by atoms with Crippen LogP contribution < -0.4 is 0 Å². The third-order valence-electron chi connectivity index (χ3n) is 1.71. The summed E-state index contributed by atoms with van der Waals surface area (Å²) >= 11 is 0. The number of carboxylic acid groups (broad SMARTS) is 1. The fourth-order valence-electron chi connectivity index (χ4n) is 1.16. The van der Waals surface area contributed by atoms with Crippen molar-refractivity contribution in [3.63, 3.8) is 0 Å².